The minimum absolute atomic E-state index is 0.314. The first-order valence-corrected chi connectivity index (χ1v) is 10.6. The Hall–Kier alpha value is -3.59. The molecule has 2 amide bonds. The van der Waals surface area contributed by atoms with Gasteiger partial charge in [-0.3, -0.25) is 14.5 Å². The van der Waals surface area contributed by atoms with Crippen molar-refractivity contribution in [3.05, 3.63) is 89.6 Å². The van der Waals surface area contributed by atoms with Crippen molar-refractivity contribution >= 4 is 35.0 Å². The molecule has 0 bridgehead atoms. The molecule has 3 aromatic carbocycles. The molecule has 1 aliphatic heterocycles. The topological polar surface area (TPSA) is 49.4 Å². The van der Waals surface area contributed by atoms with Crippen molar-refractivity contribution in [3.8, 4) is 11.1 Å². The number of nitrogens with zero attached hydrogens (tertiary/aromatic N) is 1. The highest BCUT2D eigenvalue weighted by Gasteiger charge is 2.35. The number of rotatable bonds is 4. The molecule has 9 heteroatoms. The van der Waals surface area contributed by atoms with Crippen LogP contribution in [-0.2, 0) is 15.8 Å². The molecule has 0 aliphatic carbocycles. The Morgan fingerprint density at radius 1 is 1.00 bits per heavy atom. The number of amides is 2. The van der Waals surface area contributed by atoms with Gasteiger partial charge in [-0.25, -0.2) is 4.39 Å². The fourth-order valence-corrected chi connectivity index (χ4v) is 4.28. The van der Waals surface area contributed by atoms with E-state index in [1.807, 2.05) is 36.4 Å². The first kappa shape index (κ1) is 22.6. The zero-order valence-electron chi connectivity index (χ0n) is 16.9. The molecule has 168 valence electrons. The third-order valence-corrected chi connectivity index (χ3v) is 5.74. The molecule has 0 saturated heterocycles. The molecule has 3 aromatic rings. The Morgan fingerprint density at radius 2 is 1.76 bits per heavy atom. The van der Waals surface area contributed by atoms with Crippen molar-refractivity contribution in [2.24, 2.45) is 0 Å². The molecule has 0 unspecified atom stereocenters. The predicted molar refractivity (Wildman–Crippen MR) is 119 cm³/mol. The van der Waals surface area contributed by atoms with Gasteiger partial charge in [0, 0.05) is 16.5 Å². The largest absolute Gasteiger partial charge is 0.418 e. The smallest absolute Gasteiger partial charge is 0.324 e. The average molecular weight is 472 g/mol. The summed E-state index contributed by atoms with van der Waals surface area (Å²) >= 11 is 1.30. The van der Waals surface area contributed by atoms with Crippen LogP contribution < -0.4 is 10.2 Å². The summed E-state index contributed by atoms with van der Waals surface area (Å²) in [6.07, 6.45) is -3.57. The SMILES string of the molecule is O=C(CN1C(=O)C=CSc2cccc(-c3ccccc3)c21)Nc1ccc(F)cc1C(F)(F)F. The molecular weight excluding hydrogens is 456 g/mol. The number of hydrogen-bond acceptors (Lipinski definition) is 3. The van der Waals surface area contributed by atoms with Crippen LogP contribution in [0.1, 0.15) is 5.56 Å². The van der Waals surface area contributed by atoms with Crippen LogP contribution in [-0.4, -0.2) is 18.4 Å². The highest BCUT2D eigenvalue weighted by molar-refractivity contribution is 8.02. The molecule has 0 spiro atoms. The molecule has 1 N–H and O–H groups in total. The first-order valence-electron chi connectivity index (χ1n) is 9.74. The number of para-hydroxylation sites is 1. The van der Waals surface area contributed by atoms with Crippen LogP contribution in [0.5, 0.6) is 0 Å². The summed E-state index contributed by atoms with van der Waals surface area (Å²) in [6.45, 7) is -0.532. The highest BCUT2D eigenvalue weighted by Crippen LogP contribution is 2.41. The zero-order chi connectivity index (χ0) is 23.6. The van der Waals surface area contributed by atoms with Crippen molar-refractivity contribution in [1.29, 1.82) is 0 Å². The molecule has 0 aromatic heterocycles. The van der Waals surface area contributed by atoms with Gasteiger partial charge in [-0.2, -0.15) is 13.2 Å². The lowest BCUT2D eigenvalue weighted by atomic mass is 10.0. The standard InChI is InChI=1S/C24H16F4N2O2S/c25-16-9-10-19(18(13-16)24(26,27)28)29-21(31)14-30-22(32)11-12-33-20-8-4-7-17(23(20)30)15-5-2-1-3-6-15/h1-13H,14H2,(H,29,31). The molecule has 1 heterocycles. The predicted octanol–water partition coefficient (Wildman–Crippen LogP) is 6.10. The number of thioether (sulfide) groups is 1. The highest BCUT2D eigenvalue weighted by atomic mass is 32.2. The van der Waals surface area contributed by atoms with Gasteiger partial charge in [-0.05, 0) is 35.2 Å². The van der Waals surface area contributed by atoms with Crippen LogP contribution in [0, 0.1) is 5.82 Å². The number of fused-ring (bicyclic) bond motifs is 1. The molecule has 1 aliphatic rings. The fraction of sp³-hybridized carbons (Fsp3) is 0.0833. The van der Waals surface area contributed by atoms with E-state index in [1.54, 1.807) is 17.5 Å². The fourth-order valence-electron chi connectivity index (χ4n) is 3.46. The van der Waals surface area contributed by atoms with Crippen molar-refractivity contribution in [2.45, 2.75) is 11.1 Å². The minimum Gasteiger partial charge on any atom is -0.324 e. The molecule has 33 heavy (non-hydrogen) atoms. The summed E-state index contributed by atoms with van der Waals surface area (Å²) in [5, 5.41) is 3.77. The number of halogens is 4. The molecule has 0 saturated carbocycles. The van der Waals surface area contributed by atoms with Gasteiger partial charge in [0.15, 0.2) is 0 Å². The number of hydrogen-bond donors (Lipinski definition) is 1. The molecule has 4 nitrogen and oxygen atoms in total. The summed E-state index contributed by atoms with van der Waals surface area (Å²) in [4.78, 5) is 27.5. The van der Waals surface area contributed by atoms with E-state index in [0.29, 0.717) is 22.2 Å². The summed E-state index contributed by atoms with van der Waals surface area (Å²) < 4.78 is 53.3. The van der Waals surface area contributed by atoms with Crippen LogP contribution in [0.3, 0.4) is 0 Å². The normalized spacial score (nSPS) is 13.5. The van der Waals surface area contributed by atoms with Crippen molar-refractivity contribution in [2.75, 3.05) is 16.8 Å². The maximum absolute atomic E-state index is 13.4. The van der Waals surface area contributed by atoms with E-state index in [1.165, 1.54) is 22.7 Å². The van der Waals surface area contributed by atoms with E-state index in [4.69, 9.17) is 0 Å². The number of benzene rings is 3. The molecule has 0 fully saturated rings. The first-order chi connectivity index (χ1) is 15.7. The third kappa shape index (κ3) is 4.93. The Labute approximate surface area is 190 Å². The summed E-state index contributed by atoms with van der Waals surface area (Å²) in [5.41, 5.74) is 0.0988. The van der Waals surface area contributed by atoms with Gasteiger partial charge in [-0.1, -0.05) is 54.2 Å². The Morgan fingerprint density at radius 3 is 2.48 bits per heavy atom. The number of anilines is 2. The second-order valence-electron chi connectivity index (χ2n) is 7.10. The monoisotopic (exact) mass is 472 g/mol. The van der Waals surface area contributed by atoms with E-state index in [-0.39, 0.29) is 0 Å². The zero-order valence-corrected chi connectivity index (χ0v) is 17.7. The van der Waals surface area contributed by atoms with E-state index >= 15 is 0 Å². The van der Waals surface area contributed by atoms with Crippen molar-refractivity contribution in [3.63, 3.8) is 0 Å². The lowest BCUT2D eigenvalue weighted by Gasteiger charge is -2.25. The third-order valence-electron chi connectivity index (χ3n) is 4.89. The number of alkyl halides is 3. The van der Waals surface area contributed by atoms with Crippen molar-refractivity contribution in [1.82, 2.24) is 0 Å². The van der Waals surface area contributed by atoms with Gasteiger partial charge in [0.2, 0.25) is 5.91 Å². The summed E-state index contributed by atoms with van der Waals surface area (Å²) in [5.74, 6) is -2.42. The van der Waals surface area contributed by atoms with Crippen LogP contribution in [0.4, 0.5) is 28.9 Å². The Bertz CT molecular complexity index is 1240. The molecule has 0 radical (unpaired) electrons. The van der Waals surface area contributed by atoms with E-state index in [2.05, 4.69) is 5.32 Å². The van der Waals surface area contributed by atoms with Gasteiger partial charge in [-0.15, -0.1) is 0 Å². The molecular formula is C24H16F4N2O2S. The average Bonchev–Trinajstić information content (AvgIpc) is 2.93. The van der Waals surface area contributed by atoms with Crippen LogP contribution in [0.15, 0.2) is 83.1 Å². The Kier molecular flexibility index (Phi) is 6.24. The quantitative estimate of drug-likeness (QED) is 0.467. The van der Waals surface area contributed by atoms with E-state index in [0.717, 1.165) is 17.7 Å². The van der Waals surface area contributed by atoms with E-state index in [9.17, 15) is 27.2 Å². The number of nitrogens with one attached hydrogen (secondary N) is 1. The maximum atomic E-state index is 13.4. The lowest BCUT2D eigenvalue weighted by Crippen LogP contribution is -2.37. The van der Waals surface area contributed by atoms with Crippen LogP contribution >= 0.6 is 11.8 Å². The molecule has 0 atom stereocenters. The van der Waals surface area contributed by atoms with Crippen molar-refractivity contribution < 1.29 is 27.2 Å². The minimum atomic E-state index is -4.87. The maximum Gasteiger partial charge on any atom is 0.418 e. The second-order valence-corrected chi connectivity index (χ2v) is 8.05. The van der Waals surface area contributed by atoms with Crippen LogP contribution in [0.2, 0.25) is 0 Å². The summed E-state index contributed by atoms with van der Waals surface area (Å²) in [6, 6.07) is 16.6. The number of carbonyl (C=O) groups excluding carboxylic acids is 2. The van der Waals surface area contributed by atoms with E-state index < -0.39 is 41.6 Å². The van der Waals surface area contributed by atoms with Gasteiger partial charge in [0.1, 0.15) is 12.4 Å². The Balaban J connectivity index is 1.69. The van der Waals surface area contributed by atoms with Crippen LogP contribution in [0.25, 0.3) is 11.1 Å². The van der Waals surface area contributed by atoms with Gasteiger partial charge in [0.25, 0.3) is 5.91 Å². The van der Waals surface area contributed by atoms with Gasteiger partial charge in [0.05, 0.1) is 16.9 Å². The van der Waals surface area contributed by atoms with Gasteiger partial charge >= 0.3 is 6.18 Å². The lowest BCUT2D eigenvalue weighted by molar-refractivity contribution is -0.137. The second kappa shape index (κ2) is 9.11. The number of carbonyl (C=O) groups is 2. The summed E-state index contributed by atoms with van der Waals surface area (Å²) in [7, 11) is 0. The molecule has 4 rings (SSSR count). The van der Waals surface area contributed by atoms with Gasteiger partial charge < -0.3 is 5.32 Å².